The van der Waals surface area contributed by atoms with Crippen molar-refractivity contribution in [2.45, 2.75) is 39.7 Å². The van der Waals surface area contributed by atoms with Crippen molar-refractivity contribution in [3.05, 3.63) is 50.8 Å². The number of nitrogens with zero attached hydrogens (tertiary/aromatic N) is 2. The average molecular weight is 246 g/mol. The van der Waals surface area contributed by atoms with Crippen LogP contribution in [-0.2, 0) is 0 Å². The number of aromatic nitrogens is 2. The second-order valence-corrected chi connectivity index (χ2v) is 5.14. The van der Waals surface area contributed by atoms with Crippen molar-refractivity contribution in [3.8, 4) is 0 Å². The third-order valence-corrected chi connectivity index (χ3v) is 3.11. The molecule has 0 unspecified atom stereocenters. The first-order chi connectivity index (χ1) is 8.41. The smallest absolute Gasteiger partial charge is 0.269 e. The molecule has 2 aromatic rings. The Balaban J connectivity index is 2.86. The van der Waals surface area contributed by atoms with E-state index < -0.39 is 0 Å². The van der Waals surface area contributed by atoms with Crippen LogP contribution in [-0.4, -0.2) is 8.97 Å². The molecular formula is C14H18N2O2. The summed E-state index contributed by atoms with van der Waals surface area (Å²) < 4.78 is 2.83. The van der Waals surface area contributed by atoms with Gasteiger partial charge in [-0.15, -0.1) is 0 Å². The van der Waals surface area contributed by atoms with E-state index in [4.69, 9.17) is 0 Å². The summed E-state index contributed by atoms with van der Waals surface area (Å²) in [6.45, 7) is 7.82. The number of hydrogen-bond donors (Lipinski definition) is 0. The van der Waals surface area contributed by atoms with E-state index >= 15 is 0 Å². The molecule has 0 bridgehead atoms. The van der Waals surface area contributed by atoms with Crippen LogP contribution in [0.5, 0.6) is 0 Å². The third kappa shape index (κ3) is 1.98. The van der Waals surface area contributed by atoms with Gasteiger partial charge in [0.25, 0.3) is 5.56 Å². The summed E-state index contributed by atoms with van der Waals surface area (Å²) in [5.74, 6) is 0.348. The first-order valence-corrected chi connectivity index (χ1v) is 6.19. The molecule has 0 amide bonds. The maximum absolute atomic E-state index is 12.3. The van der Waals surface area contributed by atoms with Crippen molar-refractivity contribution < 1.29 is 0 Å². The van der Waals surface area contributed by atoms with E-state index in [1.807, 2.05) is 32.2 Å². The van der Waals surface area contributed by atoms with Crippen LogP contribution in [0, 0.1) is 0 Å². The molecule has 0 atom stereocenters. The first kappa shape index (κ1) is 12.6. The normalized spacial score (nSPS) is 11.7. The molecule has 0 saturated heterocycles. The lowest BCUT2D eigenvalue weighted by atomic mass is 10.1. The van der Waals surface area contributed by atoms with Crippen molar-refractivity contribution in [1.82, 2.24) is 8.97 Å². The van der Waals surface area contributed by atoms with Gasteiger partial charge in [-0.2, -0.15) is 0 Å². The highest BCUT2D eigenvalue weighted by atomic mass is 16.2. The van der Waals surface area contributed by atoms with Gasteiger partial charge in [0.2, 0.25) is 0 Å². The average Bonchev–Trinajstić information content (AvgIpc) is 2.27. The van der Waals surface area contributed by atoms with E-state index in [1.54, 1.807) is 4.40 Å². The molecular weight excluding hydrogens is 228 g/mol. The lowest BCUT2D eigenvalue weighted by Crippen LogP contribution is -2.38. The van der Waals surface area contributed by atoms with Gasteiger partial charge in [0, 0.05) is 18.3 Å². The van der Waals surface area contributed by atoms with Crippen LogP contribution < -0.4 is 11.2 Å². The van der Waals surface area contributed by atoms with E-state index in [-0.39, 0.29) is 17.3 Å². The Kier molecular flexibility index (Phi) is 3.11. The molecule has 4 heteroatoms. The second kappa shape index (κ2) is 4.44. The Labute approximate surface area is 106 Å². The molecule has 0 aromatic carbocycles. The summed E-state index contributed by atoms with van der Waals surface area (Å²) in [5.41, 5.74) is 1.21. The van der Waals surface area contributed by atoms with Crippen LogP contribution in [0.3, 0.4) is 0 Å². The quantitative estimate of drug-likeness (QED) is 0.815. The zero-order valence-corrected chi connectivity index (χ0v) is 11.2. The van der Waals surface area contributed by atoms with Crippen LogP contribution in [0.4, 0.5) is 0 Å². The summed E-state index contributed by atoms with van der Waals surface area (Å²) in [6.07, 6.45) is 1.82. The molecule has 2 heterocycles. The first-order valence-electron chi connectivity index (χ1n) is 6.19. The number of hydrogen-bond acceptors (Lipinski definition) is 2. The standard InChI is InChI=1S/C14H18N2O2/c1-9(2)11-5-6-12-7-13(17)16(10(3)4)14(18)15(12)8-11/h5-10H,1-4H3. The summed E-state index contributed by atoms with van der Waals surface area (Å²) in [4.78, 5) is 24.2. The summed E-state index contributed by atoms with van der Waals surface area (Å²) >= 11 is 0. The maximum Gasteiger partial charge on any atom is 0.335 e. The monoisotopic (exact) mass is 246 g/mol. The molecule has 0 aliphatic carbocycles. The van der Waals surface area contributed by atoms with E-state index in [9.17, 15) is 9.59 Å². The number of fused-ring (bicyclic) bond motifs is 1. The number of pyridine rings is 1. The van der Waals surface area contributed by atoms with E-state index in [1.165, 1.54) is 10.6 Å². The molecule has 0 spiro atoms. The zero-order chi connectivity index (χ0) is 13.4. The molecule has 2 aromatic heterocycles. The van der Waals surface area contributed by atoms with Gasteiger partial charge in [0.05, 0.1) is 5.52 Å². The fraction of sp³-hybridized carbons (Fsp3) is 0.429. The Hall–Kier alpha value is -1.84. The predicted octanol–water partition coefficient (Wildman–Crippen LogP) is 2.17. The largest absolute Gasteiger partial charge is 0.335 e. The van der Waals surface area contributed by atoms with E-state index in [2.05, 4.69) is 13.8 Å². The van der Waals surface area contributed by atoms with Crippen LogP contribution in [0.1, 0.15) is 45.2 Å². The Bertz CT molecular complexity index is 693. The maximum atomic E-state index is 12.3. The molecule has 0 N–H and O–H groups in total. The van der Waals surface area contributed by atoms with Gasteiger partial charge in [-0.25, -0.2) is 4.79 Å². The predicted molar refractivity (Wildman–Crippen MR) is 72.4 cm³/mol. The Morgan fingerprint density at radius 1 is 1.06 bits per heavy atom. The zero-order valence-electron chi connectivity index (χ0n) is 11.2. The van der Waals surface area contributed by atoms with Gasteiger partial charge in [-0.3, -0.25) is 13.8 Å². The minimum atomic E-state index is -0.269. The van der Waals surface area contributed by atoms with Gasteiger partial charge in [-0.1, -0.05) is 19.9 Å². The highest BCUT2D eigenvalue weighted by Gasteiger charge is 2.10. The van der Waals surface area contributed by atoms with Crippen molar-refractivity contribution in [1.29, 1.82) is 0 Å². The topological polar surface area (TPSA) is 43.5 Å². The number of rotatable bonds is 2. The molecule has 4 nitrogen and oxygen atoms in total. The van der Waals surface area contributed by atoms with Gasteiger partial charge < -0.3 is 0 Å². The lowest BCUT2D eigenvalue weighted by molar-refractivity contribution is 0.540. The van der Waals surface area contributed by atoms with Gasteiger partial charge in [0.1, 0.15) is 0 Å². The highest BCUT2D eigenvalue weighted by Crippen LogP contribution is 2.13. The van der Waals surface area contributed by atoms with Crippen molar-refractivity contribution in [2.24, 2.45) is 0 Å². The van der Waals surface area contributed by atoms with Gasteiger partial charge in [0.15, 0.2) is 0 Å². The molecule has 2 rings (SSSR count). The molecule has 18 heavy (non-hydrogen) atoms. The summed E-state index contributed by atoms with van der Waals surface area (Å²) in [5, 5.41) is 0. The van der Waals surface area contributed by atoms with Crippen LogP contribution in [0.15, 0.2) is 34.0 Å². The molecule has 0 fully saturated rings. The van der Waals surface area contributed by atoms with Gasteiger partial charge in [-0.05, 0) is 31.4 Å². The van der Waals surface area contributed by atoms with Crippen molar-refractivity contribution >= 4 is 5.52 Å². The molecule has 96 valence electrons. The molecule has 0 saturated carbocycles. The van der Waals surface area contributed by atoms with Crippen LogP contribution >= 0.6 is 0 Å². The highest BCUT2D eigenvalue weighted by molar-refractivity contribution is 5.46. The molecule has 0 aliphatic rings. The minimum absolute atomic E-state index is 0.135. The SMILES string of the molecule is CC(C)c1ccc2cc(=O)n(C(C)C)c(=O)n2c1. The van der Waals surface area contributed by atoms with Crippen molar-refractivity contribution in [2.75, 3.05) is 0 Å². The van der Waals surface area contributed by atoms with E-state index in [0.717, 1.165) is 5.56 Å². The minimum Gasteiger partial charge on any atom is -0.269 e. The van der Waals surface area contributed by atoms with Crippen LogP contribution in [0.2, 0.25) is 0 Å². The summed E-state index contributed by atoms with van der Waals surface area (Å²) in [7, 11) is 0. The summed E-state index contributed by atoms with van der Waals surface area (Å²) in [6, 6.07) is 5.15. The fourth-order valence-electron chi connectivity index (χ4n) is 2.04. The molecule has 0 aliphatic heterocycles. The Morgan fingerprint density at radius 2 is 1.72 bits per heavy atom. The molecule has 0 radical (unpaired) electrons. The van der Waals surface area contributed by atoms with Crippen molar-refractivity contribution in [3.63, 3.8) is 0 Å². The second-order valence-electron chi connectivity index (χ2n) is 5.14. The lowest BCUT2D eigenvalue weighted by Gasteiger charge is -2.12. The van der Waals surface area contributed by atoms with E-state index in [0.29, 0.717) is 11.4 Å². The Morgan fingerprint density at radius 3 is 2.28 bits per heavy atom. The fourth-order valence-corrected chi connectivity index (χ4v) is 2.04. The third-order valence-electron chi connectivity index (χ3n) is 3.11. The van der Waals surface area contributed by atoms with Crippen LogP contribution in [0.25, 0.3) is 5.52 Å². The van der Waals surface area contributed by atoms with Gasteiger partial charge >= 0.3 is 5.69 Å².